The maximum Gasteiger partial charge on any atom is 0.271 e. The molecule has 154 valence electrons. The van der Waals surface area contributed by atoms with Crippen molar-refractivity contribution in [2.75, 3.05) is 25.1 Å². The zero-order valence-electron chi connectivity index (χ0n) is 17.1. The summed E-state index contributed by atoms with van der Waals surface area (Å²) in [7, 11) is 1.65. The first-order valence-corrected chi connectivity index (χ1v) is 10.2. The van der Waals surface area contributed by atoms with E-state index in [0.29, 0.717) is 5.56 Å². The molecule has 4 rings (SSSR count). The third kappa shape index (κ3) is 4.54. The van der Waals surface area contributed by atoms with Gasteiger partial charge in [0.15, 0.2) is 0 Å². The van der Waals surface area contributed by atoms with Gasteiger partial charge in [0.25, 0.3) is 5.91 Å². The SMILES string of the molecule is COc1cc(N2CCCCC2)ccc1/C=N/NC(=O)c1ccc(-n2cccc2)cc1. The highest BCUT2D eigenvalue weighted by Gasteiger charge is 2.13. The summed E-state index contributed by atoms with van der Waals surface area (Å²) in [6.45, 7) is 2.16. The number of ether oxygens (including phenoxy) is 1. The first-order chi connectivity index (χ1) is 14.7. The van der Waals surface area contributed by atoms with Crippen LogP contribution in [0.2, 0.25) is 0 Å². The first kappa shape index (κ1) is 19.8. The minimum atomic E-state index is -0.255. The molecule has 0 radical (unpaired) electrons. The number of carbonyl (C=O) groups excluding carboxylic acids is 1. The van der Waals surface area contributed by atoms with Crippen molar-refractivity contribution >= 4 is 17.8 Å². The van der Waals surface area contributed by atoms with E-state index < -0.39 is 0 Å². The number of hydrogen-bond acceptors (Lipinski definition) is 4. The van der Waals surface area contributed by atoms with E-state index in [1.165, 1.54) is 19.3 Å². The van der Waals surface area contributed by atoms with Crippen LogP contribution in [0.25, 0.3) is 5.69 Å². The molecule has 0 spiro atoms. The monoisotopic (exact) mass is 402 g/mol. The van der Waals surface area contributed by atoms with E-state index in [0.717, 1.165) is 35.8 Å². The van der Waals surface area contributed by atoms with Gasteiger partial charge in [0.05, 0.1) is 13.3 Å². The Morgan fingerprint density at radius 3 is 2.40 bits per heavy atom. The number of carbonyl (C=O) groups is 1. The normalized spacial score (nSPS) is 14.1. The molecule has 0 bridgehead atoms. The number of nitrogens with one attached hydrogen (secondary N) is 1. The third-order valence-electron chi connectivity index (χ3n) is 5.34. The number of benzene rings is 2. The molecule has 1 N–H and O–H groups in total. The van der Waals surface area contributed by atoms with Gasteiger partial charge in [0.2, 0.25) is 0 Å². The molecule has 2 heterocycles. The average Bonchev–Trinajstić information content (AvgIpc) is 3.35. The second kappa shape index (κ2) is 9.31. The highest BCUT2D eigenvalue weighted by atomic mass is 16.5. The molecule has 3 aromatic rings. The summed E-state index contributed by atoms with van der Waals surface area (Å²) in [5.74, 6) is 0.487. The van der Waals surface area contributed by atoms with Gasteiger partial charge in [-0.15, -0.1) is 0 Å². The Bertz CT molecular complexity index is 1000. The molecule has 6 heteroatoms. The van der Waals surface area contributed by atoms with Crippen molar-refractivity contribution in [1.29, 1.82) is 0 Å². The van der Waals surface area contributed by atoms with E-state index >= 15 is 0 Å². The van der Waals surface area contributed by atoms with Gasteiger partial charge in [-0.2, -0.15) is 5.10 Å². The number of rotatable bonds is 6. The van der Waals surface area contributed by atoms with Crippen molar-refractivity contribution in [2.24, 2.45) is 5.10 Å². The van der Waals surface area contributed by atoms with Gasteiger partial charge < -0.3 is 14.2 Å². The van der Waals surface area contributed by atoms with Crippen molar-refractivity contribution in [2.45, 2.75) is 19.3 Å². The Labute approximate surface area is 176 Å². The van der Waals surface area contributed by atoms with Crippen molar-refractivity contribution in [3.63, 3.8) is 0 Å². The van der Waals surface area contributed by atoms with E-state index in [1.807, 2.05) is 53.4 Å². The third-order valence-corrected chi connectivity index (χ3v) is 5.34. The topological polar surface area (TPSA) is 58.9 Å². The Balaban J connectivity index is 1.40. The second-order valence-corrected chi connectivity index (χ2v) is 7.31. The lowest BCUT2D eigenvalue weighted by Gasteiger charge is -2.29. The Morgan fingerprint density at radius 2 is 1.70 bits per heavy atom. The molecule has 0 unspecified atom stereocenters. The average molecular weight is 402 g/mol. The van der Waals surface area contributed by atoms with Gasteiger partial charge in [-0.3, -0.25) is 4.79 Å². The lowest BCUT2D eigenvalue weighted by atomic mass is 10.1. The molecule has 1 fully saturated rings. The van der Waals surface area contributed by atoms with Crippen LogP contribution in [0, 0.1) is 0 Å². The fourth-order valence-electron chi connectivity index (χ4n) is 3.67. The summed E-state index contributed by atoms with van der Waals surface area (Å²) in [4.78, 5) is 14.8. The van der Waals surface area contributed by atoms with Crippen LogP contribution in [0.5, 0.6) is 5.75 Å². The van der Waals surface area contributed by atoms with E-state index in [1.54, 1.807) is 25.5 Å². The Hall–Kier alpha value is -3.54. The molecule has 0 saturated carbocycles. The molecule has 0 atom stereocenters. The maximum absolute atomic E-state index is 12.4. The Kier molecular flexibility index (Phi) is 6.13. The van der Waals surface area contributed by atoms with E-state index in [-0.39, 0.29) is 5.91 Å². The molecule has 1 amide bonds. The van der Waals surface area contributed by atoms with Gasteiger partial charge in [0.1, 0.15) is 5.75 Å². The van der Waals surface area contributed by atoms with Crippen LogP contribution >= 0.6 is 0 Å². The number of methoxy groups -OCH3 is 1. The predicted molar refractivity (Wildman–Crippen MR) is 120 cm³/mol. The second-order valence-electron chi connectivity index (χ2n) is 7.31. The van der Waals surface area contributed by atoms with Gasteiger partial charge in [-0.1, -0.05) is 0 Å². The van der Waals surface area contributed by atoms with Crippen molar-refractivity contribution < 1.29 is 9.53 Å². The van der Waals surface area contributed by atoms with Crippen molar-refractivity contribution in [3.8, 4) is 11.4 Å². The van der Waals surface area contributed by atoms with Crippen LogP contribution in [-0.4, -0.2) is 36.9 Å². The number of aromatic nitrogens is 1. The molecule has 2 aromatic carbocycles. The van der Waals surface area contributed by atoms with Gasteiger partial charge >= 0.3 is 0 Å². The summed E-state index contributed by atoms with van der Waals surface area (Å²) in [5.41, 5.74) is 6.12. The fraction of sp³-hybridized carbons (Fsp3) is 0.250. The first-order valence-electron chi connectivity index (χ1n) is 10.2. The zero-order chi connectivity index (χ0) is 20.8. The number of piperidine rings is 1. The highest BCUT2D eigenvalue weighted by Crippen LogP contribution is 2.26. The van der Waals surface area contributed by atoms with Crippen molar-refractivity contribution in [3.05, 3.63) is 78.1 Å². The minimum Gasteiger partial charge on any atom is -0.496 e. The van der Waals surface area contributed by atoms with E-state index in [2.05, 4.69) is 21.5 Å². The molecule has 6 nitrogen and oxygen atoms in total. The van der Waals surface area contributed by atoms with Gasteiger partial charge in [-0.05, 0) is 67.8 Å². The summed E-state index contributed by atoms with van der Waals surface area (Å²) in [6, 6.07) is 17.4. The number of nitrogens with zero attached hydrogens (tertiary/aromatic N) is 3. The lowest BCUT2D eigenvalue weighted by molar-refractivity contribution is 0.0955. The van der Waals surface area contributed by atoms with Crippen molar-refractivity contribution in [1.82, 2.24) is 9.99 Å². The number of amides is 1. The van der Waals surface area contributed by atoms with E-state index in [4.69, 9.17) is 4.74 Å². The van der Waals surface area contributed by atoms with Gasteiger partial charge in [-0.25, -0.2) is 5.43 Å². The largest absolute Gasteiger partial charge is 0.496 e. The molecule has 0 aliphatic carbocycles. The van der Waals surface area contributed by atoms with Crippen LogP contribution in [0.1, 0.15) is 35.2 Å². The lowest BCUT2D eigenvalue weighted by Crippen LogP contribution is -2.29. The molecule has 1 aliphatic heterocycles. The molecule has 1 aromatic heterocycles. The highest BCUT2D eigenvalue weighted by molar-refractivity contribution is 5.95. The quantitative estimate of drug-likeness (QED) is 0.496. The van der Waals surface area contributed by atoms with Crippen LogP contribution in [-0.2, 0) is 0 Å². The Morgan fingerprint density at radius 1 is 1.00 bits per heavy atom. The number of hydrazone groups is 1. The number of hydrogen-bond donors (Lipinski definition) is 1. The van der Waals surface area contributed by atoms with E-state index in [9.17, 15) is 4.79 Å². The standard InChI is InChI=1S/C24H26N4O2/c1-30-23-17-22(28-13-3-2-4-14-28)12-9-20(23)18-25-26-24(29)19-7-10-21(11-8-19)27-15-5-6-16-27/h5-12,15-18H,2-4,13-14H2,1H3,(H,26,29)/b25-18+. The molecule has 1 aliphatic rings. The summed E-state index contributed by atoms with van der Waals surface area (Å²) in [6.07, 6.45) is 9.29. The summed E-state index contributed by atoms with van der Waals surface area (Å²) >= 11 is 0. The van der Waals surface area contributed by atoms with Crippen LogP contribution in [0.15, 0.2) is 72.1 Å². The van der Waals surface area contributed by atoms with Gasteiger partial charge in [0, 0.05) is 54.1 Å². The van der Waals surface area contributed by atoms with Crippen LogP contribution in [0.3, 0.4) is 0 Å². The predicted octanol–water partition coefficient (Wildman–Crippen LogP) is 4.24. The minimum absolute atomic E-state index is 0.255. The summed E-state index contributed by atoms with van der Waals surface area (Å²) < 4.78 is 7.52. The van der Waals surface area contributed by atoms with Crippen LogP contribution < -0.4 is 15.1 Å². The molecule has 30 heavy (non-hydrogen) atoms. The molecular weight excluding hydrogens is 376 g/mol. The smallest absolute Gasteiger partial charge is 0.271 e. The van der Waals surface area contributed by atoms with Crippen LogP contribution in [0.4, 0.5) is 5.69 Å². The summed E-state index contributed by atoms with van der Waals surface area (Å²) in [5, 5.41) is 4.12. The fourth-order valence-corrected chi connectivity index (χ4v) is 3.67. The molecule has 1 saturated heterocycles. The molecular formula is C24H26N4O2. The number of anilines is 1. The zero-order valence-corrected chi connectivity index (χ0v) is 17.1. The maximum atomic E-state index is 12.4.